The van der Waals surface area contributed by atoms with E-state index in [0.717, 1.165) is 21.8 Å². The second-order valence-electron chi connectivity index (χ2n) is 7.98. The van der Waals surface area contributed by atoms with Gasteiger partial charge in [0.25, 0.3) is 5.91 Å². The van der Waals surface area contributed by atoms with Crippen LogP contribution in [0.1, 0.15) is 28.4 Å². The molecular formula is C26H26N2O3S. The first kappa shape index (κ1) is 22.0. The lowest BCUT2D eigenvalue weighted by Gasteiger charge is -2.44. The van der Waals surface area contributed by atoms with E-state index in [9.17, 15) is 9.59 Å². The highest BCUT2D eigenvalue weighted by atomic mass is 32.2. The van der Waals surface area contributed by atoms with E-state index in [4.69, 9.17) is 4.74 Å². The third-order valence-corrected chi connectivity index (χ3v) is 6.65. The van der Waals surface area contributed by atoms with Gasteiger partial charge in [0, 0.05) is 29.1 Å². The zero-order chi connectivity index (χ0) is 22.7. The lowest BCUT2D eigenvalue weighted by Crippen LogP contribution is -2.63. The maximum atomic E-state index is 13.6. The molecule has 1 atom stereocenters. The van der Waals surface area contributed by atoms with Crippen molar-refractivity contribution < 1.29 is 14.3 Å². The van der Waals surface area contributed by atoms with Gasteiger partial charge in [0.2, 0.25) is 5.91 Å². The van der Waals surface area contributed by atoms with Gasteiger partial charge in [-0.2, -0.15) is 0 Å². The Morgan fingerprint density at radius 3 is 2.41 bits per heavy atom. The molecular weight excluding hydrogens is 420 g/mol. The fourth-order valence-electron chi connectivity index (χ4n) is 4.11. The number of methoxy groups -OCH3 is 1. The Morgan fingerprint density at radius 1 is 1.06 bits per heavy atom. The minimum absolute atomic E-state index is 0.161. The normalized spacial score (nSPS) is 17.6. The molecule has 1 heterocycles. The Morgan fingerprint density at radius 2 is 1.75 bits per heavy atom. The van der Waals surface area contributed by atoms with Gasteiger partial charge in [-0.25, -0.2) is 0 Å². The maximum Gasteiger partial charge on any atom is 0.259 e. The molecule has 5 nitrogen and oxygen atoms in total. The van der Waals surface area contributed by atoms with E-state index in [1.165, 1.54) is 0 Å². The van der Waals surface area contributed by atoms with Crippen LogP contribution in [-0.2, 0) is 17.8 Å². The zero-order valence-corrected chi connectivity index (χ0v) is 19.2. The molecule has 0 bridgehead atoms. The molecule has 0 aromatic heterocycles. The van der Waals surface area contributed by atoms with Crippen molar-refractivity contribution in [2.24, 2.45) is 0 Å². The molecule has 6 heteroatoms. The Hall–Kier alpha value is -3.25. The summed E-state index contributed by atoms with van der Waals surface area (Å²) in [6, 6.07) is 22.9. The quantitative estimate of drug-likeness (QED) is 0.558. The Kier molecular flexibility index (Phi) is 6.24. The molecule has 1 aliphatic rings. The van der Waals surface area contributed by atoms with Crippen molar-refractivity contribution in [2.45, 2.75) is 30.3 Å². The van der Waals surface area contributed by atoms with E-state index in [1.807, 2.05) is 86.0 Å². The highest BCUT2D eigenvalue weighted by Gasteiger charge is 2.47. The Bertz CT molecular complexity index is 1130. The van der Waals surface area contributed by atoms with Crippen molar-refractivity contribution in [1.82, 2.24) is 5.32 Å². The second-order valence-corrected chi connectivity index (χ2v) is 8.86. The van der Waals surface area contributed by atoms with Crippen molar-refractivity contribution >= 4 is 29.3 Å². The first-order valence-corrected chi connectivity index (χ1v) is 11.7. The molecule has 4 rings (SSSR count). The number of ether oxygens (including phenoxy) is 1. The SMILES string of the molecule is COc1ccc(CNC(=O)[C@]2(C)Cc3ccccc3C(=O)N2c2ccc(SC)cc2)cc1. The number of carbonyl (C=O) groups excluding carboxylic acids is 2. The fourth-order valence-corrected chi connectivity index (χ4v) is 4.52. The van der Waals surface area contributed by atoms with Crippen LogP contribution in [0.15, 0.2) is 77.7 Å². The largest absolute Gasteiger partial charge is 0.497 e. The van der Waals surface area contributed by atoms with E-state index >= 15 is 0 Å². The number of thioether (sulfide) groups is 1. The molecule has 0 fully saturated rings. The molecule has 0 unspecified atom stereocenters. The molecule has 0 spiro atoms. The van der Waals surface area contributed by atoms with Crippen molar-refractivity contribution in [1.29, 1.82) is 0 Å². The van der Waals surface area contributed by atoms with E-state index in [2.05, 4.69) is 5.32 Å². The lowest BCUT2D eigenvalue weighted by molar-refractivity contribution is -0.126. The zero-order valence-electron chi connectivity index (χ0n) is 18.4. The van der Waals surface area contributed by atoms with Crippen molar-refractivity contribution in [3.63, 3.8) is 0 Å². The van der Waals surface area contributed by atoms with Gasteiger partial charge < -0.3 is 10.1 Å². The number of carbonyl (C=O) groups is 2. The summed E-state index contributed by atoms with van der Waals surface area (Å²) < 4.78 is 5.20. The summed E-state index contributed by atoms with van der Waals surface area (Å²) in [6.45, 7) is 2.21. The molecule has 2 amide bonds. The van der Waals surface area contributed by atoms with Gasteiger partial charge in [0.15, 0.2) is 0 Å². The molecule has 0 aliphatic carbocycles. The van der Waals surface area contributed by atoms with E-state index < -0.39 is 5.54 Å². The monoisotopic (exact) mass is 446 g/mol. The van der Waals surface area contributed by atoms with Gasteiger partial charge in [-0.05, 0) is 66.8 Å². The van der Waals surface area contributed by atoms with E-state index in [0.29, 0.717) is 24.2 Å². The number of nitrogens with one attached hydrogen (secondary N) is 1. The number of amides is 2. The smallest absolute Gasteiger partial charge is 0.259 e. The van der Waals surface area contributed by atoms with Crippen LogP contribution in [0.25, 0.3) is 0 Å². The molecule has 0 saturated heterocycles. The summed E-state index contributed by atoms with van der Waals surface area (Å²) in [6.07, 6.45) is 2.45. The first-order chi connectivity index (χ1) is 15.5. The summed E-state index contributed by atoms with van der Waals surface area (Å²) in [5, 5.41) is 3.04. The number of fused-ring (bicyclic) bond motifs is 1. The Balaban J connectivity index is 1.66. The topological polar surface area (TPSA) is 58.6 Å². The number of rotatable bonds is 6. The molecule has 1 N–H and O–H groups in total. The molecule has 164 valence electrons. The summed E-state index contributed by atoms with van der Waals surface area (Å²) in [7, 11) is 1.62. The van der Waals surface area contributed by atoms with Gasteiger partial charge in [0.05, 0.1) is 7.11 Å². The third kappa shape index (κ3) is 4.10. The third-order valence-electron chi connectivity index (χ3n) is 5.91. The molecule has 32 heavy (non-hydrogen) atoms. The summed E-state index contributed by atoms with van der Waals surface area (Å²) in [4.78, 5) is 29.9. The molecule has 0 radical (unpaired) electrons. The van der Waals surface area contributed by atoms with E-state index in [-0.39, 0.29) is 11.8 Å². The van der Waals surface area contributed by atoms with Gasteiger partial charge in [0.1, 0.15) is 11.3 Å². The van der Waals surface area contributed by atoms with Crippen LogP contribution in [0.4, 0.5) is 5.69 Å². The van der Waals surface area contributed by atoms with Crippen LogP contribution in [0.3, 0.4) is 0 Å². The predicted molar refractivity (Wildman–Crippen MR) is 128 cm³/mol. The van der Waals surface area contributed by atoms with Gasteiger partial charge in [-0.15, -0.1) is 11.8 Å². The van der Waals surface area contributed by atoms with E-state index in [1.54, 1.807) is 23.8 Å². The minimum Gasteiger partial charge on any atom is -0.497 e. The highest BCUT2D eigenvalue weighted by molar-refractivity contribution is 7.98. The van der Waals surface area contributed by atoms with Crippen LogP contribution < -0.4 is 15.0 Å². The van der Waals surface area contributed by atoms with Crippen molar-refractivity contribution in [2.75, 3.05) is 18.3 Å². The lowest BCUT2D eigenvalue weighted by atomic mass is 9.82. The number of nitrogens with zero attached hydrogens (tertiary/aromatic N) is 1. The molecule has 3 aromatic carbocycles. The standard InChI is InChI=1S/C26H26N2O3S/c1-26(25(30)27-17-18-8-12-21(31-2)13-9-18)16-19-6-4-5-7-23(19)24(29)28(26)20-10-14-22(32-3)15-11-20/h4-15H,16-17H2,1-3H3,(H,27,30)/t26-/m0/s1. The summed E-state index contributed by atoms with van der Waals surface area (Å²) in [5.74, 6) is 0.414. The van der Waals surface area contributed by atoms with Crippen molar-refractivity contribution in [3.8, 4) is 5.75 Å². The minimum atomic E-state index is -1.06. The highest BCUT2D eigenvalue weighted by Crippen LogP contribution is 2.36. The molecule has 0 saturated carbocycles. The Labute approximate surface area is 192 Å². The summed E-state index contributed by atoms with van der Waals surface area (Å²) >= 11 is 1.64. The average molecular weight is 447 g/mol. The van der Waals surface area contributed by atoms with Crippen LogP contribution in [0.5, 0.6) is 5.75 Å². The van der Waals surface area contributed by atoms with Crippen LogP contribution >= 0.6 is 11.8 Å². The van der Waals surface area contributed by atoms with Gasteiger partial charge in [-0.1, -0.05) is 30.3 Å². The number of hydrogen-bond acceptors (Lipinski definition) is 4. The molecule has 1 aliphatic heterocycles. The van der Waals surface area contributed by atoms with Crippen LogP contribution in [0, 0.1) is 0 Å². The number of anilines is 1. The van der Waals surface area contributed by atoms with Gasteiger partial charge >= 0.3 is 0 Å². The number of hydrogen-bond donors (Lipinski definition) is 1. The fraction of sp³-hybridized carbons (Fsp3) is 0.231. The van der Waals surface area contributed by atoms with Crippen LogP contribution in [0.2, 0.25) is 0 Å². The number of benzene rings is 3. The van der Waals surface area contributed by atoms with Gasteiger partial charge in [-0.3, -0.25) is 14.5 Å². The summed E-state index contributed by atoms with van der Waals surface area (Å²) in [5.41, 5.74) is 2.14. The average Bonchev–Trinajstić information content (AvgIpc) is 2.83. The molecule has 3 aromatic rings. The van der Waals surface area contributed by atoms with Crippen LogP contribution in [-0.4, -0.2) is 30.7 Å². The predicted octanol–water partition coefficient (Wildman–Crippen LogP) is 4.70. The maximum absolute atomic E-state index is 13.6. The second kappa shape index (κ2) is 9.09. The first-order valence-electron chi connectivity index (χ1n) is 10.4. The van der Waals surface area contributed by atoms with Crippen molar-refractivity contribution in [3.05, 3.63) is 89.5 Å².